The van der Waals surface area contributed by atoms with Crippen molar-refractivity contribution in [2.75, 3.05) is 24.6 Å². The van der Waals surface area contributed by atoms with Crippen LogP contribution in [0.1, 0.15) is 24.2 Å². The maximum Gasteiger partial charge on any atom is 0.421 e. The molecular weight excluding hydrogens is 385 g/mol. The zero-order valence-electron chi connectivity index (χ0n) is 16.1. The number of piperidine rings is 1. The molecule has 3 aromatic rings. The molecule has 0 radical (unpaired) electrons. The van der Waals surface area contributed by atoms with E-state index in [1.165, 1.54) is 12.3 Å². The Balaban J connectivity index is 1.51. The topological polar surface area (TPSA) is 69.0 Å². The van der Waals surface area contributed by atoms with Gasteiger partial charge in [-0.1, -0.05) is 0 Å². The molecule has 0 aliphatic carbocycles. The fourth-order valence-electron chi connectivity index (χ4n) is 3.67. The molecule has 0 bridgehead atoms. The number of pyridine rings is 1. The van der Waals surface area contributed by atoms with E-state index in [9.17, 15) is 13.2 Å². The first-order valence-electron chi connectivity index (χ1n) is 9.39. The highest BCUT2D eigenvalue weighted by Crippen LogP contribution is 2.35. The fraction of sp³-hybridized carbons (Fsp3) is 0.474. The molecule has 0 N–H and O–H groups in total. The Kier molecular flexibility index (Phi) is 5.01. The van der Waals surface area contributed by atoms with Gasteiger partial charge in [-0.3, -0.25) is 4.68 Å². The van der Waals surface area contributed by atoms with Crippen molar-refractivity contribution < 1.29 is 17.9 Å². The fourth-order valence-corrected chi connectivity index (χ4v) is 3.67. The third-order valence-electron chi connectivity index (χ3n) is 5.03. The summed E-state index contributed by atoms with van der Waals surface area (Å²) in [6.07, 6.45) is 0.318. The Labute approximate surface area is 165 Å². The lowest BCUT2D eigenvalue weighted by atomic mass is 9.99. The van der Waals surface area contributed by atoms with Crippen LogP contribution < -0.4 is 9.64 Å². The van der Waals surface area contributed by atoms with Crippen molar-refractivity contribution >= 4 is 16.9 Å². The van der Waals surface area contributed by atoms with E-state index in [0.717, 1.165) is 42.3 Å². The minimum Gasteiger partial charge on any atom is -0.477 e. The predicted octanol–water partition coefficient (Wildman–Crippen LogP) is 3.38. The molecule has 0 aromatic carbocycles. The van der Waals surface area contributed by atoms with Crippen LogP contribution in [0.5, 0.6) is 5.88 Å². The predicted molar refractivity (Wildman–Crippen MR) is 101 cm³/mol. The summed E-state index contributed by atoms with van der Waals surface area (Å²) >= 11 is 0. The van der Waals surface area contributed by atoms with Crippen molar-refractivity contribution in [3.63, 3.8) is 0 Å². The number of aromatic nitrogens is 5. The zero-order chi connectivity index (χ0) is 20.6. The SMILES string of the molecule is Cc1nc(N2CCCC(COc3ncccc3C(F)(F)F)C2)c2cnn(C)c2n1. The normalized spacial score (nSPS) is 17.7. The number of hydrogen-bond donors (Lipinski definition) is 0. The van der Waals surface area contributed by atoms with Crippen LogP contribution in [0.25, 0.3) is 11.0 Å². The van der Waals surface area contributed by atoms with Gasteiger partial charge in [0.25, 0.3) is 0 Å². The van der Waals surface area contributed by atoms with E-state index in [0.29, 0.717) is 12.4 Å². The molecule has 0 saturated carbocycles. The van der Waals surface area contributed by atoms with Crippen molar-refractivity contribution in [2.45, 2.75) is 25.9 Å². The third-order valence-corrected chi connectivity index (χ3v) is 5.03. The number of ether oxygens (including phenoxy) is 1. The average molecular weight is 406 g/mol. The Morgan fingerprint density at radius 2 is 2.10 bits per heavy atom. The van der Waals surface area contributed by atoms with E-state index in [1.807, 2.05) is 14.0 Å². The van der Waals surface area contributed by atoms with E-state index >= 15 is 0 Å². The number of halogens is 3. The molecule has 1 saturated heterocycles. The monoisotopic (exact) mass is 406 g/mol. The van der Waals surface area contributed by atoms with Crippen molar-refractivity contribution in [2.24, 2.45) is 13.0 Å². The standard InChI is InChI=1S/C19H21F3N6O/c1-12-25-16-14(9-24-27(16)2)17(26-12)28-8-4-5-13(10-28)11-29-18-15(19(20,21)22)6-3-7-23-18/h3,6-7,9,13H,4-5,8,10-11H2,1-2H3. The average Bonchev–Trinajstić information content (AvgIpc) is 3.06. The van der Waals surface area contributed by atoms with E-state index in [2.05, 4.69) is 25.0 Å². The molecule has 1 atom stereocenters. The second kappa shape index (κ2) is 7.49. The maximum atomic E-state index is 13.1. The van der Waals surface area contributed by atoms with Gasteiger partial charge in [0, 0.05) is 32.3 Å². The van der Waals surface area contributed by atoms with E-state index in [4.69, 9.17) is 4.74 Å². The van der Waals surface area contributed by atoms with Crippen LogP contribution in [0, 0.1) is 12.8 Å². The molecule has 29 heavy (non-hydrogen) atoms. The number of hydrogen-bond acceptors (Lipinski definition) is 6. The zero-order valence-corrected chi connectivity index (χ0v) is 16.1. The lowest BCUT2D eigenvalue weighted by molar-refractivity contribution is -0.139. The molecule has 0 amide bonds. The molecule has 3 aromatic heterocycles. The lowest BCUT2D eigenvalue weighted by Gasteiger charge is -2.33. The summed E-state index contributed by atoms with van der Waals surface area (Å²) in [6, 6.07) is 2.24. The number of nitrogens with zero attached hydrogens (tertiary/aromatic N) is 6. The van der Waals surface area contributed by atoms with Gasteiger partial charge in [-0.2, -0.15) is 18.3 Å². The molecule has 4 heterocycles. The summed E-state index contributed by atoms with van der Waals surface area (Å²) < 4.78 is 46.6. The first-order chi connectivity index (χ1) is 13.8. The van der Waals surface area contributed by atoms with Crippen LogP contribution in [0.15, 0.2) is 24.5 Å². The summed E-state index contributed by atoms with van der Waals surface area (Å²) in [7, 11) is 1.83. The number of fused-ring (bicyclic) bond motifs is 1. The van der Waals surface area contributed by atoms with Gasteiger partial charge < -0.3 is 9.64 Å². The van der Waals surface area contributed by atoms with Crippen LogP contribution in [0.4, 0.5) is 19.0 Å². The van der Waals surface area contributed by atoms with Gasteiger partial charge in [-0.15, -0.1) is 0 Å². The van der Waals surface area contributed by atoms with Gasteiger partial charge in [0.1, 0.15) is 17.2 Å². The smallest absolute Gasteiger partial charge is 0.421 e. The van der Waals surface area contributed by atoms with Crippen molar-refractivity contribution in [3.8, 4) is 5.88 Å². The minimum atomic E-state index is -4.49. The van der Waals surface area contributed by atoms with E-state index in [-0.39, 0.29) is 18.4 Å². The Morgan fingerprint density at radius 3 is 2.90 bits per heavy atom. The highest BCUT2D eigenvalue weighted by molar-refractivity contribution is 5.87. The van der Waals surface area contributed by atoms with Gasteiger partial charge in [-0.05, 0) is 31.9 Å². The van der Waals surface area contributed by atoms with Crippen LogP contribution >= 0.6 is 0 Å². The molecule has 1 fully saturated rings. The number of rotatable bonds is 4. The molecular formula is C19H21F3N6O. The van der Waals surface area contributed by atoms with Crippen molar-refractivity contribution in [3.05, 3.63) is 35.9 Å². The van der Waals surface area contributed by atoms with Crippen LogP contribution in [-0.4, -0.2) is 44.4 Å². The summed E-state index contributed by atoms with van der Waals surface area (Å²) in [6.45, 7) is 3.44. The summed E-state index contributed by atoms with van der Waals surface area (Å²) in [5.41, 5.74) is -0.0923. The maximum absolute atomic E-state index is 13.1. The van der Waals surface area contributed by atoms with E-state index in [1.54, 1.807) is 10.9 Å². The van der Waals surface area contributed by atoms with Gasteiger partial charge in [-0.25, -0.2) is 15.0 Å². The van der Waals surface area contributed by atoms with Crippen molar-refractivity contribution in [1.82, 2.24) is 24.7 Å². The minimum absolute atomic E-state index is 0.0637. The number of alkyl halides is 3. The number of aryl methyl sites for hydroxylation is 2. The lowest BCUT2D eigenvalue weighted by Crippen LogP contribution is -2.38. The Bertz CT molecular complexity index is 1020. The van der Waals surface area contributed by atoms with Crippen molar-refractivity contribution in [1.29, 1.82) is 0 Å². The van der Waals surface area contributed by atoms with Crippen LogP contribution in [0.3, 0.4) is 0 Å². The van der Waals surface area contributed by atoms with Crippen LogP contribution in [0.2, 0.25) is 0 Å². The second-order valence-corrected chi connectivity index (χ2v) is 7.22. The first-order valence-corrected chi connectivity index (χ1v) is 9.39. The highest BCUT2D eigenvalue weighted by atomic mass is 19.4. The summed E-state index contributed by atoms with van der Waals surface area (Å²) in [5.74, 6) is 1.15. The van der Waals surface area contributed by atoms with E-state index < -0.39 is 11.7 Å². The molecule has 1 unspecified atom stereocenters. The second-order valence-electron chi connectivity index (χ2n) is 7.22. The molecule has 4 rings (SSSR count). The van der Waals surface area contributed by atoms with Gasteiger partial charge in [0.2, 0.25) is 5.88 Å². The quantitative estimate of drug-likeness (QED) is 0.662. The van der Waals surface area contributed by atoms with Gasteiger partial charge in [0.05, 0.1) is 18.2 Å². The molecule has 7 nitrogen and oxygen atoms in total. The molecule has 1 aliphatic heterocycles. The summed E-state index contributed by atoms with van der Waals surface area (Å²) in [4.78, 5) is 15.0. The molecule has 0 spiro atoms. The van der Waals surface area contributed by atoms with Gasteiger partial charge >= 0.3 is 6.18 Å². The van der Waals surface area contributed by atoms with Crippen LogP contribution in [-0.2, 0) is 13.2 Å². The highest BCUT2D eigenvalue weighted by Gasteiger charge is 2.35. The molecule has 1 aliphatic rings. The first kappa shape index (κ1) is 19.4. The summed E-state index contributed by atoms with van der Waals surface area (Å²) in [5, 5.41) is 5.13. The Morgan fingerprint density at radius 1 is 1.28 bits per heavy atom. The third kappa shape index (κ3) is 3.96. The molecule has 154 valence electrons. The number of anilines is 1. The Hall–Kier alpha value is -2.91. The molecule has 10 heteroatoms. The van der Waals surface area contributed by atoms with Gasteiger partial charge in [0.15, 0.2) is 5.65 Å². The largest absolute Gasteiger partial charge is 0.477 e.